The van der Waals surface area contributed by atoms with Crippen molar-refractivity contribution in [2.75, 3.05) is 5.73 Å². The number of amides is 1. The zero-order valence-electron chi connectivity index (χ0n) is 11.4. The molecular formula is C17H15N3O. The monoisotopic (exact) mass is 277 g/mol. The topological polar surface area (TPSA) is 68.0 Å². The second-order valence-electron chi connectivity index (χ2n) is 4.82. The van der Waals surface area contributed by atoms with Crippen molar-refractivity contribution in [2.24, 2.45) is 0 Å². The molecule has 21 heavy (non-hydrogen) atoms. The SMILES string of the molecule is Nc1cc2ccccc2cc1C(=O)NCc1ccncc1. The molecule has 0 aliphatic heterocycles. The molecule has 0 aliphatic carbocycles. The third-order valence-electron chi connectivity index (χ3n) is 3.36. The molecule has 0 spiro atoms. The average molecular weight is 277 g/mol. The molecule has 3 aromatic rings. The smallest absolute Gasteiger partial charge is 0.253 e. The number of benzene rings is 2. The number of carbonyl (C=O) groups excluding carboxylic acids is 1. The summed E-state index contributed by atoms with van der Waals surface area (Å²) >= 11 is 0. The number of nitrogens with one attached hydrogen (secondary N) is 1. The Morgan fingerprint density at radius 1 is 1.05 bits per heavy atom. The van der Waals surface area contributed by atoms with E-state index < -0.39 is 0 Å². The summed E-state index contributed by atoms with van der Waals surface area (Å²) in [5.41, 5.74) is 7.97. The van der Waals surface area contributed by atoms with Gasteiger partial charge in [-0.2, -0.15) is 0 Å². The molecule has 2 aromatic carbocycles. The molecule has 1 heterocycles. The van der Waals surface area contributed by atoms with Crippen LogP contribution in [0.3, 0.4) is 0 Å². The first-order valence-corrected chi connectivity index (χ1v) is 6.69. The van der Waals surface area contributed by atoms with Crippen molar-refractivity contribution >= 4 is 22.4 Å². The van der Waals surface area contributed by atoms with Crippen molar-refractivity contribution in [2.45, 2.75) is 6.54 Å². The van der Waals surface area contributed by atoms with E-state index in [1.54, 1.807) is 12.4 Å². The van der Waals surface area contributed by atoms with Crippen molar-refractivity contribution in [3.63, 3.8) is 0 Å². The van der Waals surface area contributed by atoms with Crippen molar-refractivity contribution in [3.05, 3.63) is 72.1 Å². The molecule has 3 N–H and O–H groups in total. The van der Waals surface area contributed by atoms with Crippen molar-refractivity contribution in [1.82, 2.24) is 10.3 Å². The van der Waals surface area contributed by atoms with Crippen LogP contribution >= 0.6 is 0 Å². The maximum atomic E-state index is 12.3. The average Bonchev–Trinajstić information content (AvgIpc) is 2.53. The maximum absolute atomic E-state index is 12.3. The number of fused-ring (bicyclic) bond motifs is 1. The molecule has 0 unspecified atom stereocenters. The lowest BCUT2D eigenvalue weighted by Gasteiger charge is -2.09. The van der Waals surface area contributed by atoms with Gasteiger partial charge in [0.05, 0.1) is 5.56 Å². The van der Waals surface area contributed by atoms with E-state index in [2.05, 4.69) is 10.3 Å². The quantitative estimate of drug-likeness (QED) is 0.723. The van der Waals surface area contributed by atoms with Crippen LogP contribution in [-0.4, -0.2) is 10.9 Å². The van der Waals surface area contributed by atoms with Gasteiger partial charge in [-0.15, -0.1) is 0 Å². The predicted molar refractivity (Wildman–Crippen MR) is 83.8 cm³/mol. The Morgan fingerprint density at radius 3 is 2.43 bits per heavy atom. The van der Waals surface area contributed by atoms with Crippen LogP contribution in [0.5, 0.6) is 0 Å². The number of hydrogen-bond donors (Lipinski definition) is 2. The second-order valence-corrected chi connectivity index (χ2v) is 4.82. The van der Waals surface area contributed by atoms with E-state index in [4.69, 9.17) is 5.73 Å². The van der Waals surface area contributed by atoms with Crippen LogP contribution in [-0.2, 0) is 6.54 Å². The van der Waals surface area contributed by atoms with Gasteiger partial charge in [-0.05, 0) is 40.6 Å². The first kappa shape index (κ1) is 13.1. The minimum Gasteiger partial charge on any atom is -0.398 e. The Labute approximate surface area is 122 Å². The normalized spacial score (nSPS) is 10.5. The fourth-order valence-corrected chi connectivity index (χ4v) is 2.23. The van der Waals surface area contributed by atoms with Crippen molar-refractivity contribution in [3.8, 4) is 0 Å². The van der Waals surface area contributed by atoms with Crippen molar-refractivity contribution < 1.29 is 4.79 Å². The molecule has 0 bridgehead atoms. The number of hydrogen-bond acceptors (Lipinski definition) is 3. The molecular weight excluding hydrogens is 262 g/mol. The molecule has 3 rings (SSSR count). The summed E-state index contributed by atoms with van der Waals surface area (Å²) in [6.07, 6.45) is 3.40. The van der Waals surface area contributed by atoms with Gasteiger partial charge in [-0.1, -0.05) is 24.3 Å². The predicted octanol–water partition coefficient (Wildman–Crippen LogP) is 2.75. The highest BCUT2D eigenvalue weighted by Gasteiger charge is 2.10. The zero-order chi connectivity index (χ0) is 14.7. The molecule has 0 saturated heterocycles. The van der Waals surface area contributed by atoms with Crippen LogP contribution in [0.25, 0.3) is 10.8 Å². The Balaban J connectivity index is 1.82. The number of anilines is 1. The number of nitrogens with zero attached hydrogens (tertiary/aromatic N) is 1. The Bertz CT molecular complexity index is 784. The molecule has 4 nitrogen and oxygen atoms in total. The highest BCUT2D eigenvalue weighted by molar-refractivity contribution is 6.03. The molecule has 4 heteroatoms. The van der Waals surface area contributed by atoms with Gasteiger partial charge < -0.3 is 11.1 Å². The van der Waals surface area contributed by atoms with E-state index in [0.29, 0.717) is 17.8 Å². The van der Waals surface area contributed by atoms with E-state index in [-0.39, 0.29) is 5.91 Å². The molecule has 0 saturated carbocycles. The second kappa shape index (κ2) is 5.63. The fraction of sp³-hybridized carbons (Fsp3) is 0.0588. The van der Waals surface area contributed by atoms with Gasteiger partial charge in [0.15, 0.2) is 0 Å². The Morgan fingerprint density at radius 2 is 1.71 bits per heavy atom. The molecule has 1 amide bonds. The summed E-state index contributed by atoms with van der Waals surface area (Å²) in [6, 6.07) is 15.2. The first-order chi connectivity index (χ1) is 10.2. The van der Waals surface area contributed by atoms with Gasteiger partial charge in [0.25, 0.3) is 5.91 Å². The zero-order valence-corrected chi connectivity index (χ0v) is 11.4. The van der Waals surface area contributed by atoms with Crippen LogP contribution in [0.2, 0.25) is 0 Å². The summed E-state index contributed by atoms with van der Waals surface area (Å²) in [7, 11) is 0. The van der Waals surface area contributed by atoms with Gasteiger partial charge in [0.2, 0.25) is 0 Å². The van der Waals surface area contributed by atoms with Crippen LogP contribution in [0.4, 0.5) is 5.69 Å². The van der Waals surface area contributed by atoms with Gasteiger partial charge in [-0.3, -0.25) is 9.78 Å². The number of rotatable bonds is 3. The van der Waals surface area contributed by atoms with Crippen LogP contribution in [0, 0.1) is 0 Å². The van der Waals surface area contributed by atoms with E-state index >= 15 is 0 Å². The largest absolute Gasteiger partial charge is 0.398 e. The van der Waals surface area contributed by atoms with E-state index in [0.717, 1.165) is 16.3 Å². The fourth-order valence-electron chi connectivity index (χ4n) is 2.23. The minimum absolute atomic E-state index is 0.171. The highest BCUT2D eigenvalue weighted by Crippen LogP contribution is 2.21. The summed E-state index contributed by atoms with van der Waals surface area (Å²) in [5.74, 6) is -0.171. The minimum atomic E-state index is -0.171. The molecule has 0 aliphatic rings. The lowest BCUT2D eigenvalue weighted by atomic mass is 10.0. The van der Waals surface area contributed by atoms with Crippen LogP contribution in [0.15, 0.2) is 60.9 Å². The van der Waals surface area contributed by atoms with E-state index in [1.165, 1.54) is 0 Å². The third-order valence-corrected chi connectivity index (χ3v) is 3.36. The molecule has 104 valence electrons. The van der Waals surface area contributed by atoms with Crippen LogP contribution < -0.4 is 11.1 Å². The lowest BCUT2D eigenvalue weighted by molar-refractivity contribution is 0.0952. The molecule has 0 atom stereocenters. The van der Waals surface area contributed by atoms with Gasteiger partial charge in [0.1, 0.15) is 0 Å². The molecule has 1 aromatic heterocycles. The van der Waals surface area contributed by atoms with E-state index in [1.807, 2.05) is 48.5 Å². The Kier molecular flexibility index (Phi) is 3.51. The first-order valence-electron chi connectivity index (χ1n) is 6.69. The number of pyridine rings is 1. The standard InChI is InChI=1S/C17H15N3O/c18-16-10-14-4-2-1-3-13(14)9-15(16)17(21)20-11-12-5-7-19-8-6-12/h1-10H,11,18H2,(H,20,21). The third kappa shape index (κ3) is 2.84. The van der Waals surface area contributed by atoms with E-state index in [9.17, 15) is 4.79 Å². The number of nitrogen functional groups attached to an aromatic ring is 1. The van der Waals surface area contributed by atoms with Crippen LogP contribution in [0.1, 0.15) is 15.9 Å². The summed E-state index contributed by atoms with van der Waals surface area (Å²) in [4.78, 5) is 16.2. The highest BCUT2D eigenvalue weighted by atomic mass is 16.1. The lowest BCUT2D eigenvalue weighted by Crippen LogP contribution is -2.23. The summed E-state index contributed by atoms with van der Waals surface area (Å²) in [5, 5.41) is 4.90. The Hall–Kier alpha value is -2.88. The van der Waals surface area contributed by atoms with Crippen molar-refractivity contribution in [1.29, 1.82) is 0 Å². The summed E-state index contributed by atoms with van der Waals surface area (Å²) < 4.78 is 0. The number of carbonyl (C=O) groups is 1. The number of aromatic nitrogens is 1. The van der Waals surface area contributed by atoms with Gasteiger partial charge in [-0.25, -0.2) is 0 Å². The van der Waals surface area contributed by atoms with Gasteiger partial charge in [0, 0.05) is 24.6 Å². The maximum Gasteiger partial charge on any atom is 0.253 e. The van der Waals surface area contributed by atoms with Gasteiger partial charge >= 0.3 is 0 Å². The summed E-state index contributed by atoms with van der Waals surface area (Å²) in [6.45, 7) is 0.452. The number of nitrogens with two attached hydrogens (primary N) is 1. The molecule has 0 radical (unpaired) electrons. The molecule has 0 fully saturated rings.